The summed E-state index contributed by atoms with van der Waals surface area (Å²) in [5, 5.41) is 35.3. The number of ether oxygens (including phenoxy) is 1. The van der Waals surface area contributed by atoms with Crippen LogP contribution >= 0.6 is 0 Å². The fourth-order valence-corrected chi connectivity index (χ4v) is 0.811. The van der Waals surface area contributed by atoms with Crippen molar-refractivity contribution in [2.24, 2.45) is 0 Å². The fraction of sp³-hybridized carbons (Fsp3) is 1.00. The molecule has 0 spiro atoms. The second-order valence-corrected chi connectivity index (χ2v) is 2.41. The zero-order chi connectivity index (χ0) is 7.78. The molecule has 0 bridgehead atoms. The summed E-state index contributed by atoms with van der Waals surface area (Å²) in [7, 11) is 0. The van der Waals surface area contributed by atoms with E-state index in [-0.39, 0.29) is 6.61 Å². The molecule has 0 radical (unpaired) electrons. The van der Waals surface area contributed by atoms with Crippen LogP contribution in [0, 0.1) is 0 Å². The quantitative estimate of drug-likeness (QED) is 0.329. The summed E-state index contributed by atoms with van der Waals surface area (Å²) in [6.45, 7) is -0.864. The van der Waals surface area contributed by atoms with Crippen molar-refractivity contribution >= 4 is 0 Å². The van der Waals surface area contributed by atoms with E-state index in [1.165, 1.54) is 0 Å². The van der Waals surface area contributed by atoms with Crippen molar-refractivity contribution in [3.05, 3.63) is 0 Å². The van der Waals surface area contributed by atoms with Gasteiger partial charge in [0.15, 0.2) is 6.29 Å². The highest BCUT2D eigenvalue weighted by atomic mass is 16.6. The molecule has 1 rings (SSSR count). The molecule has 1 fully saturated rings. The molecule has 0 aromatic rings. The highest BCUT2D eigenvalue weighted by Crippen LogP contribution is 2.22. The van der Waals surface area contributed by atoms with Gasteiger partial charge in [0, 0.05) is 0 Å². The second-order valence-electron chi connectivity index (χ2n) is 2.41. The number of aliphatic hydroxyl groups is 4. The van der Waals surface area contributed by atoms with Crippen LogP contribution in [0.4, 0.5) is 0 Å². The van der Waals surface area contributed by atoms with E-state index in [1.54, 1.807) is 0 Å². The number of rotatable bonds is 1. The summed E-state index contributed by atoms with van der Waals surface area (Å²) in [5.41, 5.74) is -1.70. The Labute approximate surface area is 57.5 Å². The smallest absolute Gasteiger partial charge is 0.184 e. The van der Waals surface area contributed by atoms with Crippen molar-refractivity contribution in [2.75, 3.05) is 13.2 Å². The van der Waals surface area contributed by atoms with Crippen molar-refractivity contribution in [1.82, 2.24) is 0 Å². The summed E-state index contributed by atoms with van der Waals surface area (Å²) in [6, 6.07) is 0. The van der Waals surface area contributed by atoms with Gasteiger partial charge in [0.1, 0.15) is 11.7 Å². The lowest BCUT2D eigenvalue weighted by Gasteiger charge is -2.21. The van der Waals surface area contributed by atoms with E-state index in [1.807, 2.05) is 0 Å². The molecule has 0 aromatic carbocycles. The Hall–Kier alpha value is -0.200. The molecule has 1 heterocycles. The molecule has 0 saturated carbocycles. The standard InChI is InChI=1S/C5H10O5/c6-1-5(9)2-10-4(8)3(5)7/h3-4,6-9H,1-2H2/t3-,4-,5?/m0/s1. The minimum absolute atomic E-state index is 0.244. The monoisotopic (exact) mass is 150 g/mol. The zero-order valence-electron chi connectivity index (χ0n) is 5.27. The number of aliphatic hydroxyl groups excluding tert-OH is 3. The molecule has 1 aliphatic rings. The van der Waals surface area contributed by atoms with Gasteiger partial charge < -0.3 is 25.2 Å². The fourth-order valence-electron chi connectivity index (χ4n) is 0.811. The second kappa shape index (κ2) is 2.44. The van der Waals surface area contributed by atoms with E-state index in [9.17, 15) is 0 Å². The molecular formula is C5H10O5. The topological polar surface area (TPSA) is 90.2 Å². The summed E-state index contributed by atoms with van der Waals surface area (Å²) >= 11 is 0. The van der Waals surface area contributed by atoms with Gasteiger partial charge in [-0.1, -0.05) is 0 Å². The Bertz CT molecular complexity index is 127. The van der Waals surface area contributed by atoms with Crippen LogP contribution in [0.5, 0.6) is 0 Å². The first-order valence-corrected chi connectivity index (χ1v) is 2.91. The third-order valence-electron chi connectivity index (χ3n) is 1.60. The first-order valence-electron chi connectivity index (χ1n) is 2.91. The minimum atomic E-state index is -1.70. The van der Waals surface area contributed by atoms with Gasteiger partial charge in [-0.05, 0) is 0 Å². The summed E-state index contributed by atoms with van der Waals surface area (Å²) in [5.74, 6) is 0. The number of hydrogen-bond acceptors (Lipinski definition) is 5. The Morgan fingerprint density at radius 2 is 2.10 bits per heavy atom. The van der Waals surface area contributed by atoms with Gasteiger partial charge in [0.05, 0.1) is 13.2 Å². The minimum Gasteiger partial charge on any atom is -0.393 e. The van der Waals surface area contributed by atoms with E-state index in [4.69, 9.17) is 20.4 Å². The average molecular weight is 150 g/mol. The SMILES string of the molecule is OCC1(O)CO[C@H](O)[C@@H]1O. The highest BCUT2D eigenvalue weighted by molar-refractivity contribution is 4.92. The van der Waals surface area contributed by atoms with E-state index < -0.39 is 24.6 Å². The Morgan fingerprint density at radius 3 is 2.30 bits per heavy atom. The summed E-state index contributed by atoms with van der Waals surface area (Å²) < 4.78 is 4.47. The van der Waals surface area contributed by atoms with Gasteiger partial charge in [-0.15, -0.1) is 0 Å². The third-order valence-corrected chi connectivity index (χ3v) is 1.60. The Kier molecular flexibility index (Phi) is 1.93. The molecule has 5 nitrogen and oxygen atoms in total. The molecule has 1 saturated heterocycles. The van der Waals surface area contributed by atoms with Crippen molar-refractivity contribution in [3.8, 4) is 0 Å². The maximum atomic E-state index is 9.15. The lowest BCUT2D eigenvalue weighted by Crippen LogP contribution is -2.46. The van der Waals surface area contributed by atoms with Crippen molar-refractivity contribution in [3.63, 3.8) is 0 Å². The van der Waals surface area contributed by atoms with Crippen molar-refractivity contribution in [2.45, 2.75) is 18.0 Å². The molecule has 10 heavy (non-hydrogen) atoms. The van der Waals surface area contributed by atoms with Crippen LogP contribution in [0.15, 0.2) is 0 Å². The van der Waals surface area contributed by atoms with Crippen LogP contribution in [0.25, 0.3) is 0 Å². The Balaban J connectivity index is 2.64. The molecular weight excluding hydrogens is 140 g/mol. The van der Waals surface area contributed by atoms with Crippen LogP contribution in [0.3, 0.4) is 0 Å². The van der Waals surface area contributed by atoms with Gasteiger partial charge in [0.25, 0.3) is 0 Å². The first-order chi connectivity index (χ1) is 4.60. The lowest BCUT2D eigenvalue weighted by molar-refractivity contribution is -0.128. The molecule has 5 heteroatoms. The van der Waals surface area contributed by atoms with E-state index >= 15 is 0 Å². The van der Waals surface area contributed by atoms with Gasteiger partial charge in [-0.25, -0.2) is 0 Å². The van der Waals surface area contributed by atoms with Gasteiger partial charge >= 0.3 is 0 Å². The predicted octanol–water partition coefficient (Wildman–Crippen LogP) is -2.58. The van der Waals surface area contributed by atoms with Crippen molar-refractivity contribution < 1.29 is 25.2 Å². The molecule has 0 aliphatic carbocycles. The molecule has 0 aromatic heterocycles. The van der Waals surface area contributed by atoms with Crippen LogP contribution in [-0.2, 0) is 4.74 Å². The van der Waals surface area contributed by atoms with Crippen LogP contribution in [-0.4, -0.2) is 51.6 Å². The predicted molar refractivity (Wildman–Crippen MR) is 30.0 cm³/mol. The average Bonchev–Trinajstić information content (AvgIpc) is 2.19. The normalized spacial score (nSPS) is 48.0. The Morgan fingerprint density at radius 1 is 1.50 bits per heavy atom. The zero-order valence-corrected chi connectivity index (χ0v) is 5.27. The summed E-state index contributed by atoms with van der Waals surface area (Å²) in [4.78, 5) is 0. The third kappa shape index (κ3) is 1.02. The van der Waals surface area contributed by atoms with Crippen LogP contribution in [0.2, 0.25) is 0 Å². The van der Waals surface area contributed by atoms with Crippen LogP contribution < -0.4 is 0 Å². The molecule has 1 unspecified atom stereocenters. The van der Waals surface area contributed by atoms with E-state index in [2.05, 4.69) is 4.74 Å². The van der Waals surface area contributed by atoms with Gasteiger partial charge in [-0.2, -0.15) is 0 Å². The summed E-state index contributed by atoms with van der Waals surface area (Å²) in [6.07, 6.45) is -2.81. The largest absolute Gasteiger partial charge is 0.393 e. The highest BCUT2D eigenvalue weighted by Gasteiger charge is 2.46. The van der Waals surface area contributed by atoms with Crippen molar-refractivity contribution in [1.29, 1.82) is 0 Å². The van der Waals surface area contributed by atoms with Gasteiger partial charge in [-0.3, -0.25) is 0 Å². The molecule has 1 aliphatic heterocycles. The van der Waals surface area contributed by atoms with Gasteiger partial charge in [0.2, 0.25) is 0 Å². The molecule has 60 valence electrons. The number of hydrogen-bond donors (Lipinski definition) is 4. The molecule has 4 N–H and O–H groups in total. The maximum absolute atomic E-state index is 9.15. The lowest BCUT2D eigenvalue weighted by atomic mass is 10.0. The molecule has 3 atom stereocenters. The van der Waals surface area contributed by atoms with Crippen LogP contribution in [0.1, 0.15) is 0 Å². The van der Waals surface area contributed by atoms with E-state index in [0.29, 0.717) is 0 Å². The first kappa shape index (κ1) is 7.90. The maximum Gasteiger partial charge on any atom is 0.184 e. The van der Waals surface area contributed by atoms with E-state index in [0.717, 1.165) is 0 Å². The molecule has 0 amide bonds.